The summed E-state index contributed by atoms with van der Waals surface area (Å²) in [5.41, 5.74) is 2.73. The fourth-order valence-corrected chi connectivity index (χ4v) is 2.79. The van der Waals surface area contributed by atoms with Crippen LogP contribution in [-0.4, -0.2) is 29.9 Å². The molecule has 6 heteroatoms. The monoisotopic (exact) mass is 363 g/mol. The summed E-state index contributed by atoms with van der Waals surface area (Å²) in [6, 6.07) is 16.3. The number of aromatic amines is 1. The van der Waals surface area contributed by atoms with Gasteiger partial charge in [-0.15, -0.1) is 0 Å². The molecule has 27 heavy (non-hydrogen) atoms. The third-order valence-electron chi connectivity index (χ3n) is 4.23. The first kappa shape index (κ1) is 18.4. The number of fused-ring (bicyclic) bond motifs is 1. The van der Waals surface area contributed by atoms with Gasteiger partial charge in [0.25, 0.3) is 11.5 Å². The highest BCUT2D eigenvalue weighted by atomic mass is 16.2. The SMILES string of the molecule is Cc1cc2cc(CC(=O)NCCNC(=O)c3ccccc3)ccc2[nH]c1=O. The van der Waals surface area contributed by atoms with Crippen LogP contribution < -0.4 is 16.2 Å². The maximum atomic E-state index is 12.1. The molecule has 2 aromatic carbocycles. The van der Waals surface area contributed by atoms with E-state index in [1.807, 2.05) is 24.3 Å². The Hall–Kier alpha value is -3.41. The van der Waals surface area contributed by atoms with Crippen molar-refractivity contribution in [1.29, 1.82) is 0 Å². The quantitative estimate of drug-likeness (QED) is 0.585. The second kappa shape index (κ2) is 8.31. The lowest BCUT2D eigenvalue weighted by molar-refractivity contribution is -0.120. The molecule has 0 bridgehead atoms. The summed E-state index contributed by atoms with van der Waals surface area (Å²) in [5.74, 6) is -0.284. The zero-order valence-corrected chi connectivity index (χ0v) is 15.0. The van der Waals surface area contributed by atoms with Crippen molar-refractivity contribution in [2.75, 3.05) is 13.1 Å². The minimum atomic E-state index is -0.163. The first-order valence-electron chi connectivity index (χ1n) is 8.75. The van der Waals surface area contributed by atoms with Crippen molar-refractivity contribution in [3.8, 4) is 0 Å². The predicted molar refractivity (Wildman–Crippen MR) is 105 cm³/mol. The van der Waals surface area contributed by atoms with Crippen molar-refractivity contribution < 1.29 is 9.59 Å². The van der Waals surface area contributed by atoms with E-state index in [0.29, 0.717) is 24.2 Å². The second-order valence-electron chi connectivity index (χ2n) is 6.35. The van der Waals surface area contributed by atoms with Crippen LogP contribution in [0.3, 0.4) is 0 Å². The van der Waals surface area contributed by atoms with Gasteiger partial charge in [-0.1, -0.05) is 24.3 Å². The van der Waals surface area contributed by atoms with Crippen LogP contribution in [0.2, 0.25) is 0 Å². The molecule has 0 aliphatic carbocycles. The van der Waals surface area contributed by atoms with Gasteiger partial charge in [-0.2, -0.15) is 0 Å². The molecule has 0 atom stereocenters. The largest absolute Gasteiger partial charge is 0.354 e. The number of carbonyl (C=O) groups excluding carboxylic acids is 2. The van der Waals surface area contributed by atoms with Crippen LogP contribution in [0.15, 0.2) is 59.4 Å². The number of rotatable bonds is 6. The molecule has 0 saturated carbocycles. The number of H-pyrrole nitrogens is 1. The van der Waals surface area contributed by atoms with Crippen LogP contribution in [0.4, 0.5) is 0 Å². The number of pyridine rings is 1. The van der Waals surface area contributed by atoms with E-state index >= 15 is 0 Å². The fraction of sp³-hybridized carbons (Fsp3) is 0.190. The average Bonchev–Trinajstić information content (AvgIpc) is 2.67. The van der Waals surface area contributed by atoms with Gasteiger partial charge in [0.05, 0.1) is 6.42 Å². The summed E-state index contributed by atoms with van der Waals surface area (Å²) in [4.78, 5) is 38.4. The Labute approximate surface area is 156 Å². The summed E-state index contributed by atoms with van der Waals surface area (Å²) >= 11 is 0. The zero-order valence-electron chi connectivity index (χ0n) is 15.0. The number of nitrogens with one attached hydrogen (secondary N) is 3. The van der Waals surface area contributed by atoms with E-state index in [0.717, 1.165) is 16.5 Å². The maximum absolute atomic E-state index is 12.1. The van der Waals surface area contributed by atoms with Gasteiger partial charge in [-0.25, -0.2) is 0 Å². The van der Waals surface area contributed by atoms with E-state index in [-0.39, 0.29) is 23.8 Å². The molecule has 3 N–H and O–H groups in total. The van der Waals surface area contributed by atoms with Gasteiger partial charge >= 0.3 is 0 Å². The Morgan fingerprint density at radius 3 is 2.48 bits per heavy atom. The predicted octanol–water partition coefficient (Wildman–Crippen LogP) is 1.93. The lowest BCUT2D eigenvalue weighted by atomic mass is 10.1. The van der Waals surface area contributed by atoms with Crippen molar-refractivity contribution in [3.05, 3.63) is 81.6 Å². The Kier molecular flexibility index (Phi) is 5.66. The molecule has 1 heterocycles. The van der Waals surface area contributed by atoms with E-state index in [1.165, 1.54) is 0 Å². The molecule has 0 fully saturated rings. The van der Waals surface area contributed by atoms with Crippen LogP contribution >= 0.6 is 0 Å². The molecule has 2 amide bonds. The van der Waals surface area contributed by atoms with Crippen LogP contribution in [0, 0.1) is 6.92 Å². The Balaban J connectivity index is 1.49. The minimum Gasteiger partial charge on any atom is -0.354 e. The summed E-state index contributed by atoms with van der Waals surface area (Å²) < 4.78 is 0. The summed E-state index contributed by atoms with van der Waals surface area (Å²) in [5, 5.41) is 6.46. The van der Waals surface area contributed by atoms with Crippen molar-refractivity contribution in [2.24, 2.45) is 0 Å². The molecule has 0 aliphatic heterocycles. The molecule has 3 rings (SSSR count). The zero-order chi connectivity index (χ0) is 19.2. The molecule has 0 saturated heterocycles. The smallest absolute Gasteiger partial charge is 0.251 e. The molecule has 0 aliphatic rings. The van der Waals surface area contributed by atoms with E-state index in [9.17, 15) is 14.4 Å². The molecule has 3 aromatic rings. The van der Waals surface area contributed by atoms with E-state index < -0.39 is 0 Å². The standard InChI is InChI=1S/C21H21N3O3/c1-14-11-17-12-15(7-8-18(17)24-20(14)26)13-19(25)22-9-10-23-21(27)16-5-3-2-4-6-16/h2-8,11-12H,9-10,13H2,1H3,(H,22,25)(H,23,27)(H,24,26). The van der Waals surface area contributed by atoms with Crippen LogP contribution in [-0.2, 0) is 11.2 Å². The third-order valence-corrected chi connectivity index (χ3v) is 4.23. The Morgan fingerprint density at radius 2 is 1.70 bits per heavy atom. The summed E-state index contributed by atoms with van der Waals surface area (Å²) in [6.07, 6.45) is 0.237. The number of amides is 2. The average molecular weight is 363 g/mol. The number of hydrogen-bond acceptors (Lipinski definition) is 3. The van der Waals surface area contributed by atoms with Gasteiger partial charge in [0.1, 0.15) is 0 Å². The van der Waals surface area contributed by atoms with Gasteiger partial charge in [0.15, 0.2) is 0 Å². The molecule has 0 unspecified atom stereocenters. The van der Waals surface area contributed by atoms with Crippen molar-refractivity contribution in [1.82, 2.24) is 15.6 Å². The topological polar surface area (TPSA) is 91.1 Å². The van der Waals surface area contributed by atoms with Gasteiger partial charge in [0.2, 0.25) is 5.91 Å². The maximum Gasteiger partial charge on any atom is 0.251 e. The Bertz CT molecular complexity index is 1030. The third kappa shape index (κ3) is 4.82. The van der Waals surface area contributed by atoms with Gasteiger partial charge in [-0.05, 0) is 48.2 Å². The molecular formula is C21H21N3O3. The molecule has 1 aromatic heterocycles. The first-order chi connectivity index (χ1) is 13.0. The van der Waals surface area contributed by atoms with Crippen LogP contribution in [0.25, 0.3) is 10.9 Å². The minimum absolute atomic E-state index is 0.106. The second-order valence-corrected chi connectivity index (χ2v) is 6.35. The van der Waals surface area contributed by atoms with Crippen molar-refractivity contribution in [2.45, 2.75) is 13.3 Å². The van der Waals surface area contributed by atoms with E-state index in [2.05, 4.69) is 15.6 Å². The van der Waals surface area contributed by atoms with Gasteiger partial charge in [-0.3, -0.25) is 14.4 Å². The lowest BCUT2D eigenvalue weighted by Crippen LogP contribution is -2.35. The fourth-order valence-electron chi connectivity index (χ4n) is 2.79. The highest BCUT2D eigenvalue weighted by molar-refractivity contribution is 5.94. The molecule has 6 nitrogen and oxygen atoms in total. The number of aromatic nitrogens is 1. The van der Waals surface area contributed by atoms with Crippen LogP contribution in [0.1, 0.15) is 21.5 Å². The number of benzene rings is 2. The van der Waals surface area contributed by atoms with E-state index in [1.54, 1.807) is 37.3 Å². The first-order valence-corrected chi connectivity index (χ1v) is 8.75. The summed E-state index contributed by atoms with van der Waals surface area (Å²) in [6.45, 7) is 2.47. The lowest BCUT2D eigenvalue weighted by Gasteiger charge is -2.08. The van der Waals surface area contributed by atoms with E-state index in [4.69, 9.17) is 0 Å². The molecule has 0 spiro atoms. The van der Waals surface area contributed by atoms with Gasteiger partial charge in [0, 0.05) is 29.7 Å². The molecular weight excluding hydrogens is 342 g/mol. The highest BCUT2D eigenvalue weighted by Crippen LogP contribution is 2.14. The number of aryl methyl sites for hydroxylation is 1. The highest BCUT2D eigenvalue weighted by Gasteiger charge is 2.07. The molecule has 0 radical (unpaired) electrons. The molecule has 138 valence electrons. The number of carbonyl (C=O) groups is 2. The Morgan fingerprint density at radius 1 is 0.963 bits per heavy atom. The number of hydrogen-bond donors (Lipinski definition) is 3. The van der Waals surface area contributed by atoms with Gasteiger partial charge < -0.3 is 15.6 Å². The van der Waals surface area contributed by atoms with Crippen LogP contribution in [0.5, 0.6) is 0 Å². The van der Waals surface area contributed by atoms with Crippen molar-refractivity contribution in [3.63, 3.8) is 0 Å². The summed E-state index contributed by atoms with van der Waals surface area (Å²) in [7, 11) is 0. The van der Waals surface area contributed by atoms with Crippen molar-refractivity contribution >= 4 is 22.7 Å². The normalized spacial score (nSPS) is 10.6.